The highest BCUT2D eigenvalue weighted by molar-refractivity contribution is 6.01. The van der Waals surface area contributed by atoms with E-state index in [1.807, 2.05) is 12.1 Å². The van der Waals surface area contributed by atoms with E-state index in [0.29, 0.717) is 19.0 Å². The van der Waals surface area contributed by atoms with E-state index >= 15 is 0 Å². The number of ether oxygens (including phenoxy) is 3. The second-order valence-electron chi connectivity index (χ2n) is 6.17. The van der Waals surface area contributed by atoms with Crippen LogP contribution in [0.2, 0.25) is 0 Å². The molecule has 2 aliphatic heterocycles. The number of Topliss-reactive ketones (excluding diaryl/α,β-unsaturated/α-hetero) is 1. The quantitative estimate of drug-likeness (QED) is 0.824. The second kappa shape index (κ2) is 7.07. The van der Waals surface area contributed by atoms with Crippen LogP contribution in [-0.2, 0) is 11.2 Å². The number of aryl methyl sites for hydroxylation is 1. The van der Waals surface area contributed by atoms with Crippen molar-refractivity contribution in [1.82, 2.24) is 4.90 Å². The average molecular weight is 340 g/mol. The van der Waals surface area contributed by atoms with Crippen LogP contribution in [0, 0.1) is 5.92 Å². The second-order valence-corrected chi connectivity index (χ2v) is 6.17. The number of hydrogen-bond acceptors (Lipinski definition) is 5. The van der Waals surface area contributed by atoms with E-state index in [-0.39, 0.29) is 24.1 Å². The molecule has 6 heteroatoms. The zero-order chi connectivity index (χ0) is 14.9. The molecule has 3 aliphatic rings. The molecule has 0 aromatic heterocycles. The molecule has 0 bridgehead atoms. The molecule has 0 saturated carbocycles. The van der Waals surface area contributed by atoms with Gasteiger partial charge >= 0.3 is 0 Å². The first-order chi connectivity index (χ1) is 10.8. The Morgan fingerprint density at radius 1 is 1.04 bits per heavy atom. The third kappa shape index (κ3) is 3.32. The molecule has 1 aromatic rings. The highest BCUT2D eigenvalue weighted by Crippen LogP contribution is 2.37. The van der Waals surface area contributed by atoms with Crippen LogP contribution in [0.3, 0.4) is 0 Å². The number of fused-ring (bicyclic) bond motifs is 2. The van der Waals surface area contributed by atoms with Crippen molar-refractivity contribution in [1.29, 1.82) is 0 Å². The van der Waals surface area contributed by atoms with Crippen LogP contribution in [0.4, 0.5) is 0 Å². The number of carbonyl (C=O) groups excluding carboxylic acids is 1. The fourth-order valence-corrected chi connectivity index (χ4v) is 3.52. The summed E-state index contributed by atoms with van der Waals surface area (Å²) in [5.41, 5.74) is 1.93. The van der Waals surface area contributed by atoms with E-state index in [9.17, 15) is 4.79 Å². The van der Waals surface area contributed by atoms with Gasteiger partial charge in [-0.15, -0.1) is 12.4 Å². The summed E-state index contributed by atoms with van der Waals surface area (Å²) in [5, 5.41) is 0. The fraction of sp³-hybridized carbons (Fsp3) is 0.588. The summed E-state index contributed by atoms with van der Waals surface area (Å²) < 4.78 is 16.6. The largest absolute Gasteiger partial charge is 0.486 e. The molecule has 0 N–H and O–H groups in total. The smallest absolute Gasteiger partial charge is 0.167 e. The Morgan fingerprint density at radius 3 is 2.48 bits per heavy atom. The van der Waals surface area contributed by atoms with Crippen molar-refractivity contribution in [2.75, 3.05) is 46.1 Å². The lowest BCUT2D eigenvalue weighted by molar-refractivity contribution is 0.0291. The normalized spacial score (nSPS) is 23.8. The third-order valence-electron chi connectivity index (χ3n) is 4.75. The number of benzene rings is 1. The molecule has 1 saturated heterocycles. The molecule has 1 fully saturated rings. The Kier molecular flexibility index (Phi) is 5.09. The number of hydrogen-bond donors (Lipinski definition) is 0. The molecule has 4 rings (SSSR count). The first-order valence-electron chi connectivity index (χ1n) is 8.08. The molecule has 1 unspecified atom stereocenters. The Hall–Kier alpha value is -1.30. The predicted octanol–water partition coefficient (Wildman–Crippen LogP) is 1.96. The molecule has 23 heavy (non-hydrogen) atoms. The minimum Gasteiger partial charge on any atom is -0.486 e. The summed E-state index contributed by atoms with van der Waals surface area (Å²) >= 11 is 0. The summed E-state index contributed by atoms with van der Waals surface area (Å²) in [6, 6.07) is 3.88. The van der Waals surface area contributed by atoms with Crippen LogP contribution in [0.1, 0.15) is 22.3 Å². The highest BCUT2D eigenvalue weighted by atomic mass is 35.5. The maximum atomic E-state index is 12.8. The van der Waals surface area contributed by atoms with Crippen molar-refractivity contribution in [3.05, 3.63) is 23.3 Å². The standard InChI is InChI=1S/C17H21NO4.ClH/c19-17-13(11-18-3-5-20-6-4-18)2-1-12-9-15-16(10-14(12)17)22-8-7-21-15;/h9-10,13H,1-8,11H2;1H. The molecule has 0 radical (unpaired) electrons. The van der Waals surface area contributed by atoms with Gasteiger partial charge in [0.1, 0.15) is 13.2 Å². The highest BCUT2D eigenvalue weighted by Gasteiger charge is 2.31. The van der Waals surface area contributed by atoms with Gasteiger partial charge in [0.05, 0.1) is 13.2 Å². The van der Waals surface area contributed by atoms with Gasteiger partial charge in [-0.25, -0.2) is 0 Å². The number of halogens is 1. The Bertz CT molecular complexity index is 586. The SMILES string of the molecule is Cl.O=C1c2cc3c(cc2CCC1CN1CCOCC1)OCCO3. The summed E-state index contributed by atoms with van der Waals surface area (Å²) in [7, 11) is 0. The Morgan fingerprint density at radius 2 is 1.74 bits per heavy atom. The number of rotatable bonds is 2. The van der Waals surface area contributed by atoms with E-state index in [1.54, 1.807) is 0 Å². The molecule has 1 aliphatic carbocycles. The van der Waals surface area contributed by atoms with E-state index in [0.717, 1.165) is 62.6 Å². The van der Waals surface area contributed by atoms with Gasteiger partial charge in [0, 0.05) is 31.1 Å². The Labute approximate surface area is 142 Å². The van der Waals surface area contributed by atoms with Crippen molar-refractivity contribution in [3.63, 3.8) is 0 Å². The van der Waals surface area contributed by atoms with Crippen LogP contribution >= 0.6 is 12.4 Å². The van der Waals surface area contributed by atoms with Crippen molar-refractivity contribution in [3.8, 4) is 11.5 Å². The maximum Gasteiger partial charge on any atom is 0.167 e. The van der Waals surface area contributed by atoms with Gasteiger partial charge in [0.15, 0.2) is 17.3 Å². The zero-order valence-electron chi connectivity index (χ0n) is 13.1. The summed E-state index contributed by atoms with van der Waals surface area (Å²) in [5.74, 6) is 1.84. The van der Waals surface area contributed by atoms with Gasteiger partial charge in [0.25, 0.3) is 0 Å². The molecule has 5 nitrogen and oxygen atoms in total. The summed E-state index contributed by atoms with van der Waals surface area (Å²) in [6.45, 7) is 5.38. The van der Waals surface area contributed by atoms with Gasteiger partial charge < -0.3 is 14.2 Å². The third-order valence-corrected chi connectivity index (χ3v) is 4.75. The molecule has 0 amide bonds. The van der Waals surface area contributed by atoms with Gasteiger partial charge in [-0.05, 0) is 30.5 Å². The van der Waals surface area contributed by atoms with Gasteiger partial charge in [-0.3, -0.25) is 9.69 Å². The lowest BCUT2D eigenvalue weighted by Gasteiger charge is -2.32. The summed E-state index contributed by atoms with van der Waals surface area (Å²) in [4.78, 5) is 15.2. The predicted molar refractivity (Wildman–Crippen MR) is 88.1 cm³/mol. The fourth-order valence-electron chi connectivity index (χ4n) is 3.52. The van der Waals surface area contributed by atoms with Crippen LogP contribution in [-0.4, -0.2) is 56.7 Å². The van der Waals surface area contributed by atoms with E-state index in [4.69, 9.17) is 14.2 Å². The lowest BCUT2D eigenvalue weighted by atomic mass is 9.82. The van der Waals surface area contributed by atoms with E-state index in [1.165, 1.54) is 0 Å². The van der Waals surface area contributed by atoms with Crippen LogP contribution in [0.25, 0.3) is 0 Å². The molecule has 1 aromatic carbocycles. The van der Waals surface area contributed by atoms with E-state index < -0.39 is 0 Å². The first kappa shape index (κ1) is 16.6. The minimum atomic E-state index is 0. The zero-order valence-corrected chi connectivity index (χ0v) is 13.9. The Balaban J connectivity index is 0.00000156. The van der Waals surface area contributed by atoms with E-state index in [2.05, 4.69) is 4.90 Å². The first-order valence-corrected chi connectivity index (χ1v) is 8.08. The minimum absolute atomic E-state index is 0. The molecule has 126 valence electrons. The van der Waals surface area contributed by atoms with Crippen LogP contribution in [0.15, 0.2) is 12.1 Å². The molecule has 2 heterocycles. The molecule has 0 spiro atoms. The molecular formula is C17H22ClNO4. The number of ketones is 1. The van der Waals surface area contributed by atoms with Crippen LogP contribution < -0.4 is 9.47 Å². The molecule has 1 atom stereocenters. The van der Waals surface area contributed by atoms with Crippen molar-refractivity contribution >= 4 is 18.2 Å². The molecular weight excluding hydrogens is 318 g/mol. The number of nitrogens with zero attached hydrogens (tertiary/aromatic N) is 1. The maximum absolute atomic E-state index is 12.8. The van der Waals surface area contributed by atoms with Crippen molar-refractivity contribution in [2.45, 2.75) is 12.8 Å². The van der Waals surface area contributed by atoms with Crippen molar-refractivity contribution in [2.24, 2.45) is 5.92 Å². The monoisotopic (exact) mass is 339 g/mol. The number of carbonyl (C=O) groups is 1. The topological polar surface area (TPSA) is 48.0 Å². The lowest BCUT2D eigenvalue weighted by Crippen LogP contribution is -2.42. The van der Waals surface area contributed by atoms with Gasteiger partial charge in [-0.2, -0.15) is 0 Å². The summed E-state index contributed by atoms with van der Waals surface area (Å²) in [6.07, 6.45) is 1.86. The average Bonchev–Trinajstić information content (AvgIpc) is 2.57. The van der Waals surface area contributed by atoms with Gasteiger partial charge in [-0.1, -0.05) is 0 Å². The van der Waals surface area contributed by atoms with Crippen LogP contribution in [0.5, 0.6) is 11.5 Å². The van der Waals surface area contributed by atoms with Crippen molar-refractivity contribution < 1.29 is 19.0 Å². The number of morpholine rings is 1. The van der Waals surface area contributed by atoms with Gasteiger partial charge in [0.2, 0.25) is 0 Å².